The van der Waals surface area contributed by atoms with E-state index in [0.29, 0.717) is 4.88 Å². The van der Waals surface area contributed by atoms with Gasteiger partial charge in [0.1, 0.15) is 12.7 Å². The highest BCUT2D eigenvalue weighted by atomic mass is 32.1. The molecule has 1 rings (SSSR count). The summed E-state index contributed by atoms with van der Waals surface area (Å²) in [6.07, 6.45) is -5.00. The van der Waals surface area contributed by atoms with Crippen molar-refractivity contribution in [2.75, 3.05) is 6.61 Å². The van der Waals surface area contributed by atoms with Gasteiger partial charge < -0.3 is 10.5 Å². The van der Waals surface area contributed by atoms with Gasteiger partial charge in [-0.1, -0.05) is 6.07 Å². The largest absolute Gasteiger partial charge is 0.411 e. The van der Waals surface area contributed by atoms with Crippen LogP contribution in [0.4, 0.5) is 13.2 Å². The minimum absolute atomic E-state index is 0.467. The summed E-state index contributed by atoms with van der Waals surface area (Å²) in [5.41, 5.74) is 5.57. The molecule has 0 saturated carbocycles. The maximum Gasteiger partial charge on any atom is 0.411 e. The Kier molecular flexibility index (Phi) is 4.12. The molecule has 6 heteroatoms. The molecule has 2 N–H and O–H groups in total. The van der Waals surface area contributed by atoms with Crippen molar-refractivity contribution in [3.05, 3.63) is 22.4 Å². The molecular formula is C9H12F3NOS. The van der Waals surface area contributed by atoms with E-state index < -0.39 is 24.9 Å². The summed E-state index contributed by atoms with van der Waals surface area (Å²) in [5, 5.41) is 1.78. The van der Waals surface area contributed by atoms with Crippen molar-refractivity contribution in [2.24, 2.45) is 5.73 Å². The molecule has 0 spiro atoms. The van der Waals surface area contributed by atoms with Gasteiger partial charge in [-0.05, 0) is 18.4 Å². The van der Waals surface area contributed by atoms with Gasteiger partial charge in [-0.15, -0.1) is 11.3 Å². The summed E-state index contributed by atoms with van der Waals surface area (Å²) >= 11 is 1.34. The normalized spacial score (nSPS) is 16.3. The van der Waals surface area contributed by atoms with Gasteiger partial charge in [0.15, 0.2) is 0 Å². The fraction of sp³-hybridized carbons (Fsp3) is 0.556. The molecule has 2 nitrogen and oxygen atoms in total. The van der Waals surface area contributed by atoms with Gasteiger partial charge in [0, 0.05) is 10.9 Å². The van der Waals surface area contributed by atoms with Crippen molar-refractivity contribution < 1.29 is 17.9 Å². The van der Waals surface area contributed by atoms with E-state index in [0.717, 1.165) is 0 Å². The number of hydrogen-bond donors (Lipinski definition) is 1. The first-order chi connectivity index (χ1) is 6.90. The first kappa shape index (κ1) is 12.5. The van der Waals surface area contributed by atoms with Gasteiger partial charge >= 0.3 is 6.18 Å². The van der Waals surface area contributed by atoms with Crippen LogP contribution in [0.5, 0.6) is 0 Å². The third-order valence-corrected chi connectivity index (χ3v) is 2.66. The van der Waals surface area contributed by atoms with Crippen molar-refractivity contribution in [3.63, 3.8) is 0 Å². The van der Waals surface area contributed by atoms with Gasteiger partial charge in [0.2, 0.25) is 0 Å². The first-order valence-electron chi connectivity index (χ1n) is 4.37. The summed E-state index contributed by atoms with van der Waals surface area (Å²) in [6.45, 7) is 0.359. The second-order valence-electron chi connectivity index (χ2n) is 3.22. The number of thiophene rings is 1. The van der Waals surface area contributed by atoms with Gasteiger partial charge in [-0.3, -0.25) is 0 Å². The zero-order valence-electron chi connectivity index (χ0n) is 8.12. The molecule has 0 amide bonds. The quantitative estimate of drug-likeness (QED) is 0.876. The molecule has 2 atom stereocenters. The SMILES string of the molecule is CC(N)C(OCC(F)(F)F)c1cccs1. The topological polar surface area (TPSA) is 35.2 Å². The number of ether oxygens (including phenoxy) is 1. The number of rotatable bonds is 4. The van der Waals surface area contributed by atoms with Gasteiger partial charge in [0.25, 0.3) is 0 Å². The highest BCUT2D eigenvalue weighted by Gasteiger charge is 2.30. The Hall–Kier alpha value is -0.590. The molecule has 0 aliphatic carbocycles. The number of halogens is 3. The van der Waals surface area contributed by atoms with E-state index in [1.165, 1.54) is 11.3 Å². The molecule has 1 aromatic heterocycles. The molecular weight excluding hydrogens is 227 g/mol. The molecule has 0 radical (unpaired) electrons. The van der Waals surface area contributed by atoms with Crippen LogP contribution in [-0.2, 0) is 4.74 Å². The summed E-state index contributed by atoms with van der Waals surface area (Å²) < 4.78 is 40.6. The second-order valence-corrected chi connectivity index (χ2v) is 4.20. The van der Waals surface area contributed by atoms with E-state index in [-0.39, 0.29) is 0 Å². The third-order valence-electron chi connectivity index (χ3n) is 1.73. The highest BCUT2D eigenvalue weighted by molar-refractivity contribution is 7.10. The van der Waals surface area contributed by atoms with Crippen LogP contribution in [0, 0.1) is 0 Å². The Morgan fingerprint density at radius 2 is 2.20 bits per heavy atom. The molecule has 0 aromatic carbocycles. The van der Waals surface area contributed by atoms with Crippen LogP contribution in [0.3, 0.4) is 0 Å². The Morgan fingerprint density at radius 3 is 2.60 bits per heavy atom. The van der Waals surface area contributed by atoms with Crippen LogP contribution >= 0.6 is 11.3 Å². The molecule has 0 bridgehead atoms. The molecule has 1 aromatic rings. The molecule has 86 valence electrons. The van der Waals surface area contributed by atoms with Gasteiger partial charge in [0.05, 0.1) is 0 Å². The molecule has 0 saturated heterocycles. The zero-order chi connectivity index (χ0) is 11.5. The van der Waals surface area contributed by atoms with Crippen LogP contribution < -0.4 is 5.73 Å². The summed E-state index contributed by atoms with van der Waals surface area (Å²) in [6, 6.07) is 3.01. The van der Waals surface area contributed by atoms with E-state index in [2.05, 4.69) is 0 Å². The van der Waals surface area contributed by atoms with Crippen LogP contribution in [-0.4, -0.2) is 18.8 Å². The van der Waals surface area contributed by atoms with Crippen LogP contribution in [0.25, 0.3) is 0 Å². The third kappa shape index (κ3) is 4.19. The van der Waals surface area contributed by atoms with Crippen molar-refractivity contribution in [1.82, 2.24) is 0 Å². The molecule has 15 heavy (non-hydrogen) atoms. The summed E-state index contributed by atoms with van der Waals surface area (Å²) in [7, 11) is 0. The molecule has 2 unspecified atom stereocenters. The Morgan fingerprint density at radius 1 is 1.53 bits per heavy atom. The predicted molar refractivity (Wildman–Crippen MR) is 52.7 cm³/mol. The maximum absolute atomic E-state index is 12.0. The second kappa shape index (κ2) is 4.96. The average Bonchev–Trinajstić information content (AvgIpc) is 2.54. The minimum atomic E-state index is -4.32. The molecule has 0 fully saturated rings. The van der Waals surface area contributed by atoms with Gasteiger partial charge in [-0.25, -0.2) is 0 Å². The lowest BCUT2D eigenvalue weighted by molar-refractivity contribution is -0.187. The fourth-order valence-electron chi connectivity index (χ4n) is 1.13. The Labute approximate surface area is 89.8 Å². The lowest BCUT2D eigenvalue weighted by Crippen LogP contribution is -2.29. The number of alkyl halides is 3. The number of hydrogen-bond acceptors (Lipinski definition) is 3. The van der Waals surface area contributed by atoms with E-state index in [1.54, 1.807) is 24.4 Å². The highest BCUT2D eigenvalue weighted by Crippen LogP contribution is 2.27. The van der Waals surface area contributed by atoms with E-state index in [4.69, 9.17) is 10.5 Å². The van der Waals surface area contributed by atoms with E-state index in [1.807, 2.05) is 0 Å². The molecule has 1 heterocycles. The van der Waals surface area contributed by atoms with E-state index >= 15 is 0 Å². The van der Waals surface area contributed by atoms with E-state index in [9.17, 15) is 13.2 Å². The zero-order valence-corrected chi connectivity index (χ0v) is 8.94. The van der Waals surface area contributed by atoms with Crippen molar-refractivity contribution in [1.29, 1.82) is 0 Å². The molecule has 0 aliphatic heterocycles. The Balaban J connectivity index is 2.61. The maximum atomic E-state index is 12.0. The lowest BCUT2D eigenvalue weighted by Gasteiger charge is -2.20. The van der Waals surface area contributed by atoms with Crippen LogP contribution in [0.2, 0.25) is 0 Å². The van der Waals surface area contributed by atoms with Crippen LogP contribution in [0.15, 0.2) is 17.5 Å². The average molecular weight is 239 g/mol. The standard InChI is InChI=1S/C9H12F3NOS/c1-6(13)8(7-3-2-4-15-7)14-5-9(10,11)12/h2-4,6,8H,5,13H2,1H3. The lowest BCUT2D eigenvalue weighted by atomic mass is 10.1. The Bertz CT molecular complexity index is 284. The van der Waals surface area contributed by atoms with Crippen LogP contribution in [0.1, 0.15) is 17.9 Å². The fourth-order valence-corrected chi connectivity index (χ4v) is 2.02. The molecule has 0 aliphatic rings. The van der Waals surface area contributed by atoms with Crippen molar-refractivity contribution in [2.45, 2.75) is 25.2 Å². The minimum Gasteiger partial charge on any atom is -0.362 e. The number of nitrogens with two attached hydrogens (primary N) is 1. The summed E-state index contributed by atoms with van der Waals surface area (Å²) in [4.78, 5) is 0.717. The van der Waals surface area contributed by atoms with Crippen molar-refractivity contribution >= 4 is 11.3 Å². The van der Waals surface area contributed by atoms with Gasteiger partial charge in [-0.2, -0.15) is 13.2 Å². The van der Waals surface area contributed by atoms with Crippen molar-refractivity contribution in [3.8, 4) is 0 Å². The monoisotopic (exact) mass is 239 g/mol. The summed E-state index contributed by atoms with van der Waals surface area (Å²) in [5.74, 6) is 0. The smallest absolute Gasteiger partial charge is 0.362 e. The predicted octanol–water partition coefficient (Wildman–Crippen LogP) is 2.72. The first-order valence-corrected chi connectivity index (χ1v) is 5.25.